The summed E-state index contributed by atoms with van der Waals surface area (Å²) >= 11 is 6.44. The third-order valence-electron chi connectivity index (χ3n) is 6.08. The Morgan fingerprint density at radius 1 is 1.29 bits per heavy atom. The molecule has 2 aromatic rings. The van der Waals surface area contributed by atoms with Crippen LogP contribution in [0.2, 0.25) is 5.02 Å². The number of amides is 3. The van der Waals surface area contributed by atoms with Gasteiger partial charge < -0.3 is 10.2 Å². The molecular formula is C22H29ClN6O2. The first-order valence-electron chi connectivity index (χ1n) is 10.7. The van der Waals surface area contributed by atoms with E-state index in [0.29, 0.717) is 23.9 Å². The Morgan fingerprint density at radius 3 is 2.87 bits per heavy atom. The largest absolute Gasteiger partial charge is 0.343 e. The van der Waals surface area contributed by atoms with E-state index >= 15 is 0 Å². The fourth-order valence-corrected chi connectivity index (χ4v) is 4.71. The zero-order chi connectivity index (χ0) is 22.2. The van der Waals surface area contributed by atoms with Crippen molar-refractivity contribution >= 4 is 29.4 Å². The van der Waals surface area contributed by atoms with Gasteiger partial charge in [-0.2, -0.15) is 5.10 Å². The number of aromatic nitrogens is 3. The SMILES string of the molecule is CC(=O)N1CCCC(CNC(=O)Nc2cc(-c3cnn4c3CC(C)(C)C4)c(Cl)cn2)C1. The second-order valence-corrected chi connectivity index (χ2v) is 9.77. The highest BCUT2D eigenvalue weighted by molar-refractivity contribution is 6.33. The number of urea groups is 1. The molecule has 0 radical (unpaired) electrons. The second-order valence-electron chi connectivity index (χ2n) is 9.36. The van der Waals surface area contributed by atoms with Crippen LogP contribution in [0.4, 0.5) is 10.6 Å². The fraction of sp³-hybridized carbons (Fsp3) is 0.545. The minimum atomic E-state index is -0.318. The van der Waals surface area contributed by atoms with Crippen molar-refractivity contribution < 1.29 is 9.59 Å². The zero-order valence-electron chi connectivity index (χ0n) is 18.2. The number of halogens is 1. The van der Waals surface area contributed by atoms with Crippen LogP contribution in [0.3, 0.4) is 0 Å². The number of nitrogens with one attached hydrogen (secondary N) is 2. The van der Waals surface area contributed by atoms with Crippen molar-refractivity contribution in [2.24, 2.45) is 11.3 Å². The molecule has 4 rings (SSSR count). The van der Waals surface area contributed by atoms with Gasteiger partial charge in [0.1, 0.15) is 5.82 Å². The van der Waals surface area contributed by atoms with Crippen LogP contribution in [0.25, 0.3) is 11.1 Å². The lowest BCUT2D eigenvalue weighted by Crippen LogP contribution is -2.43. The number of rotatable bonds is 4. The van der Waals surface area contributed by atoms with Crippen molar-refractivity contribution in [2.45, 2.75) is 46.6 Å². The first kappa shape index (κ1) is 21.6. The summed E-state index contributed by atoms with van der Waals surface area (Å²) in [4.78, 5) is 30.1. The van der Waals surface area contributed by atoms with Crippen LogP contribution >= 0.6 is 11.6 Å². The van der Waals surface area contributed by atoms with E-state index in [1.165, 1.54) is 0 Å². The molecule has 8 nitrogen and oxygen atoms in total. The van der Waals surface area contributed by atoms with E-state index in [9.17, 15) is 9.59 Å². The maximum absolute atomic E-state index is 12.4. The summed E-state index contributed by atoms with van der Waals surface area (Å²) in [6, 6.07) is 1.48. The molecule has 3 amide bonds. The van der Waals surface area contributed by atoms with Gasteiger partial charge in [0.25, 0.3) is 0 Å². The van der Waals surface area contributed by atoms with Crippen LogP contribution < -0.4 is 10.6 Å². The number of pyridine rings is 1. The quantitative estimate of drug-likeness (QED) is 0.754. The summed E-state index contributed by atoms with van der Waals surface area (Å²) in [5, 5.41) is 10.7. The molecule has 0 aromatic carbocycles. The highest BCUT2D eigenvalue weighted by Crippen LogP contribution is 2.39. The topological polar surface area (TPSA) is 92.2 Å². The van der Waals surface area contributed by atoms with Crippen LogP contribution in [0, 0.1) is 11.3 Å². The van der Waals surface area contributed by atoms with E-state index in [0.717, 1.165) is 49.2 Å². The van der Waals surface area contributed by atoms with Crippen molar-refractivity contribution in [2.75, 3.05) is 25.0 Å². The molecule has 0 bridgehead atoms. The molecule has 1 fully saturated rings. The highest BCUT2D eigenvalue weighted by atomic mass is 35.5. The van der Waals surface area contributed by atoms with Crippen molar-refractivity contribution in [3.8, 4) is 11.1 Å². The number of fused-ring (bicyclic) bond motifs is 1. The maximum atomic E-state index is 12.4. The molecule has 1 unspecified atom stereocenters. The van der Waals surface area contributed by atoms with Crippen LogP contribution in [-0.2, 0) is 17.8 Å². The number of carbonyl (C=O) groups excluding carboxylic acids is 2. The number of piperidine rings is 1. The fourth-order valence-electron chi connectivity index (χ4n) is 4.50. The van der Waals surface area contributed by atoms with Gasteiger partial charge in [0, 0.05) is 56.1 Å². The molecule has 2 aliphatic rings. The Morgan fingerprint density at radius 2 is 2.10 bits per heavy atom. The molecule has 166 valence electrons. The number of carbonyl (C=O) groups is 2. The van der Waals surface area contributed by atoms with Gasteiger partial charge in [0.15, 0.2) is 0 Å². The summed E-state index contributed by atoms with van der Waals surface area (Å²) in [6.45, 7) is 8.90. The number of anilines is 1. The Kier molecular flexibility index (Phi) is 5.92. The normalized spacial score (nSPS) is 19.7. The third-order valence-corrected chi connectivity index (χ3v) is 6.38. The number of nitrogens with zero attached hydrogens (tertiary/aromatic N) is 4. The van der Waals surface area contributed by atoms with Gasteiger partial charge in [0.05, 0.1) is 11.2 Å². The van der Waals surface area contributed by atoms with E-state index in [-0.39, 0.29) is 23.3 Å². The standard InChI is InChI=1S/C22H29ClN6O2/c1-14(30)28-6-4-5-15(12-28)9-25-21(31)27-20-7-16(18(23)11-24-20)17-10-26-29-13-22(2,3)8-19(17)29/h7,10-11,15H,4-6,8-9,12-13H2,1-3H3,(H2,24,25,27,31). The van der Waals surface area contributed by atoms with Crippen LogP contribution in [0.15, 0.2) is 18.5 Å². The monoisotopic (exact) mass is 444 g/mol. The van der Waals surface area contributed by atoms with Crippen LogP contribution in [0.1, 0.15) is 39.3 Å². The van der Waals surface area contributed by atoms with Gasteiger partial charge in [-0.15, -0.1) is 0 Å². The average Bonchev–Trinajstić information content (AvgIpc) is 3.23. The van der Waals surface area contributed by atoms with Gasteiger partial charge in [-0.05, 0) is 36.7 Å². The van der Waals surface area contributed by atoms with Crippen molar-refractivity contribution in [3.63, 3.8) is 0 Å². The van der Waals surface area contributed by atoms with Crippen LogP contribution in [0.5, 0.6) is 0 Å². The van der Waals surface area contributed by atoms with Gasteiger partial charge >= 0.3 is 6.03 Å². The van der Waals surface area contributed by atoms with E-state index in [4.69, 9.17) is 11.6 Å². The minimum absolute atomic E-state index is 0.0853. The maximum Gasteiger partial charge on any atom is 0.320 e. The average molecular weight is 445 g/mol. The lowest BCUT2D eigenvalue weighted by atomic mass is 9.89. The molecule has 9 heteroatoms. The van der Waals surface area contributed by atoms with Crippen LogP contribution in [-0.4, -0.2) is 51.2 Å². The first-order valence-corrected chi connectivity index (χ1v) is 11.1. The molecule has 0 saturated carbocycles. The van der Waals surface area contributed by atoms with Gasteiger partial charge in [-0.25, -0.2) is 9.78 Å². The molecule has 0 spiro atoms. The van der Waals surface area contributed by atoms with E-state index in [1.807, 2.05) is 15.8 Å². The molecular weight excluding hydrogens is 416 g/mol. The Labute approximate surface area is 187 Å². The molecule has 1 saturated heterocycles. The molecule has 1 atom stereocenters. The van der Waals surface area contributed by atoms with E-state index in [1.54, 1.807) is 19.2 Å². The summed E-state index contributed by atoms with van der Waals surface area (Å²) in [6.07, 6.45) is 6.27. The highest BCUT2D eigenvalue weighted by Gasteiger charge is 2.32. The van der Waals surface area contributed by atoms with Gasteiger partial charge in [-0.1, -0.05) is 25.4 Å². The Bertz CT molecular complexity index is 1000. The van der Waals surface area contributed by atoms with Gasteiger partial charge in [-0.3, -0.25) is 14.8 Å². The third kappa shape index (κ3) is 4.84. The molecule has 31 heavy (non-hydrogen) atoms. The first-order chi connectivity index (χ1) is 14.7. The molecule has 2 aromatic heterocycles. The van der Waals surface area contributed by atoms with Crippen molar-refractivity contribution in [3.05, 3.63) is 29.2 Å². The lowest BCUT2D eigenvalue weighted by Gasteiger charge is -2.32. The Hall–Kier alpha value is -2.61. The summed E-state index contributed by atoms with van der Waals surface area (Å²) in [5.41, 5.74) is 3.11. The number of likely N-dealkylation sites (tertiary alicyclic amines) is 1. The van der Waals surface area contributed by atoms with Crippen molar-refractivity contribution in [1.82, 2.24) is 25.0 Å². The lowest BCUT2D eigenvalue weighted by molar-refractivity contribution is -0.130. The zero-order valence-corrected chi connectivity index (χ0v) is 19.0. The summed E-state index contributed by atoms with van der Waals surface area (Å²) in [7, 11) is 0. The van der Waals surface area contributed by atoms with E-state index in [2.05, 4.69) is 34.6 Å². The molecule has 4 heterocycles. The molecule has 2 N–H and O–H groups in total. The predicted molar refractivity (Wildman–Crippen MR) is 120 cm³/mol. The number of hydrogen-bond donors (Lipinski definition) is 2. The predicted octanol–water partition coefficient (Wildman–Crippen LogP) is 3.56. The number of hydrogen-bond acceptors (Lipinski definition) is 4. The van der Waals surface area contributed by atoms with Gasteiger partial charge in [0.2, 0.25) is 5.91 Å². The summed E-state index contributed by atoms with van der Waals surface area (Å²) in [5.74, 6) is 0.778. The molecule has 0 aliphatic carbocycles. The smallest absolute Gasteiger partial charge is 0.320 e. The minimum Gasteiger partial charge on any atom is -0.343 e. The van der Waals surface area contributed by atoms with E-state index < -0.39 is 0 Å². The summed E-state index contributed by atoms with van der Waals surface area (Å²) < 4.78 is 2.03. The second kappa shape index (κ2) is 8.49. The van der Waals surface area contributed by atoms with Crippen molar-refractivity contribution in [1.29, 1.82) is 0 Å². The Balaban J connectivity index is 1.40. The molecule has 2 aliphatic heterocycles.